The van der Waals surface area contributed by atoms with Crippen LogP contribution in [0.25, 0.3) is 5.82 Å². The van der Waals surface area contributed by atoms with Gasteiger partial charge in [-0.15, -0.1) is 0 Å². The van der Waals surface area contributed by atoms with Gasteiger partial charge in [-0.1, -0.05) is 35.3 Å². The predicted octanol–water partition coefficient (Wildman–Crippen LogP) is 5.30. The maximum Gasteiger partial charge on any atom is 0.268 e. The molecule has 4 aromatic rings. The number of nitrogens with one attached hydrogen (secondary N) is 1. The largest absolute Gasteiger partial charge is 0.457 e. The van der Waals surface area contributed by atoms with Gasteiger partial charge in [-0.25, -0.2) is 4.98 Å². The van der Waals surface area contributed by atoms with Crippen LogP contribution in [0, 0.1) is 0 Å². The molecular weight excluding hydrogens is 423 g/mol. The number of hydrogen-bond acceptors (Lipinski definition) is 4. The van der Waals surface area contributed by atoms with E-state index >= 15 is 0 Å². The van der Waals surface area contributed by atoms with Crippen LogP contribution in [0.5, 0.6) is 11.5 Å². The fourth-order valence-electron chi connectivity index (χ4n) is 2.83. The smallest absolute Gasteiger partial charge is 0.268 e. The first-order valence-corrected chi connectivity index (χ1v) is 9.79. The maximum absolute atomic E-state index is 12.7. The Morgan fingerprint density at radius 1 is 1.03 bits per heavy atom. The summed E-state index contributed by atoms with van der Waals surface area (Å²) >= 11 is 12.1. The number of carbonyl (C=O) groups excluding carboxylic acids is 1. The first-order chi connectivity index (χ1) is 14.6. The van der Waals surface area contributed by atoms with Crippen LogP contribution >= 0.6 is 23.2 Å². The second-order valence-electron chi connectivity index (χ2n) is 6.33. The number of pyridine rings is 2. The molecule has 0 radical (unpaired) electrons. The summed E-state index contributed by atoms with van der Waals surface area (Å²) in [7, 11) is 0. The quantitative estimate of drug-likeness (QED) is 0.443. The maximum atomic E-state index is 12.7. The summed E-state index contributed by atoms with van der Waals surface area (Å²) < 4.78 is 7.37. The topological polar surface area (TPSA) is 69.0 Å². The van der Waals surface area contributed by atoms with Crippen LogP contribution in [0.4, 0.5) is 0 Å². The molecule has 6 nitrogen and oxygen atoms in total. The van der Waals surface area contributed by atoms with Crippen LogP contribution in [0.2, 0.25) is 10.0 Å². The highest BCUT2D eigenvalue weighted by molar-refractivity contribution is 6.35. The molecular formula is C22H16Cl2N4O2. The van der Waals surface area contributed by atoms with Gasteiger partial charge in [0.1, 0.15) is 17.2 Å². The van der Waals surface area contributed by atoms with E-state index in [4.69, 9.17) is 27.9 Å². The van der Waals surface area contributed by atoms with Crippen LogP contribution in [0.15, 0.2) is 79.4 Å². The summed E-state index contributed by atoms with van der Waals surface area (Å²) in [5.74, 6) is 1.61. The van der Waals surface area contributed by atoms with E-state index in [1.807, 2.05) is 24.3 Å². The van der Waals surface area contributed by atoms with E-state index in [0.717, 1.165) is 5.56 Å². The molecule has 0 unspecified atom stereocenters. The van der Waals surface area contributed by atoms with Crippen molar-refractivity contribution in [2.75, 3.05) is 0 Å². The average molecular weight is 439 g/mol. The summed E-state index contributed by atoms with van der Waals surface area (Å²) in [6.07, 6.45) is 6.55. The van der Waals surface area contributed by atoms with E-state index in [1.165, 1.54) is 6.20 Å². The van der Waals surface area contributed by atoms with Crippen LogP contribution in [0.3, 0.4) is 0 Å². The third-order valence-electron chi connectivity index (χ3n) is 4.26. The van der Waals surface area contributed by atoms with Crippen molar-refractivity contribution in [1.29, 1.82) is 0 Å². The summed E-state index contributed by atoms with van der Waals surface area (Å²) in [6, 6.07) is 16.1. The Morgan fingerprint density at radius 2 is 1.77 bits per heavy atom. The van der Waals surface area contributed by atoms with Gasteiger partial charge >= 0.3 is 0 Å². The Balaban J connectivity index is 1.41. The molecule has 3 aromatic heterocycles. The zero-order chi connectivity index (χ0) is 20.9. The first-order valence-electron chi connectivity index (χ1n) is 9.04. The van der Waals surface area contributed by atoms with Crippen molar-refractivity contribution in [2.24, 2.45) is 0 Å². The lowest BCUT2D eigenvalue weighted by molar-refractivity contribution is 0.0944. The Bertz CT molecular complexity index is 1160. The minimum atomic E-state index is -0.245. The molecule has 0 spiro atoms. The third-order valence-corrected chi connectivity index (χ3v) is 4.74. The van der Waals surface area contributed by atoms with Crippen molar-refractivity contribution in [1.82, 2.24) is 19.9 Å². The number of carbonyl (C=O) groups is 1. The molecule has 0 aliphatic rings. The number of nitrogens with zero attached hydrogens (tertiary/aromatic N) is 3. The van der Waals surface area contributed by atoms with E-state index in [-0.39, 0.29) is 5.91 Å². The lowest BCUT2D eigenvalue weighted by Crippen LogP contribution is -2.25. The molecule has 0 atom stereocenters. The monoisotopic (exact) mass is 438 g/mol. The Morgan fingerprint density at radius 3 is 2.50 bits per heavy atom. The number of benzene rings is 1. The number of aromatic nitrogens is 3. The number of halogens is 2. The standard InChI is InChI=1S/C22H16Cl2N4O2/c23-16-12-19(24)21(26-14-16)28-11-1-2-20(28)22(29)27-13-15-3-5-17(6-4-15)30-18-7-9-25-10-8-18/h1-12,14H,13H2,(H,27,29). The molecule has 8 heteroatoms. The molecule has 0 saturated heterocycles. The molecule has 0 bridgehead atoms. The first kappa shape index (κ1) is 19.9. The van der Waals surface area contributed by atoms with Crippen LogP contribution < -0.4 is 10.1 Å². The SMILES string of the molecule is O=C(NCc1ccc(Oc2ccncc2)cc1)c1cccn1-c1ncc(Cl)cc1Cl. The second-order valence-corrected chi connectivity index (χ2v) is 7.18. The Kier molecular flexibility index (Phi) is 5.97. The molecule has 4 rings (SSSR count). The molecule has 0 saturated carbocycles. The fourth-order valence-corrected chi connectivity index (χ4v) is 3.30. The normalized spacial score (nSPS) is 10.6. The van der Waals surface area contributed by atoms with Gasteiger partial charge in [-0.3, -0.25) is 14.3 Å². The molecule has 30 heavy (non-hydrogen) atoms. The number of hydrogen-bond donors (Lipinski definition) is 1. The lowest BCUT2D eigenvalue weighted by atomic mass is 10.2. The van der Waals surface area contributed by atoms with E-state index in [1.54, 1.807) is 53.5 Å². The zero-order valence-electron chi connectivity index (χ0n) is 15.6. The molecule has 3 heterocycles. The summed E-state index contributed by atoms with van der Waals surface area (Å²) in [5.41, 5.74) is 1.36. The van der Waals surface area contributed by atoms with Crippen molar-refractivity contribution in [3.05, 3.63) is 101 Å². The van der Waals surface area contributed by atoms with Gasteiger partial charge in [-0.2, -0.15) is 0 Å². The van der Waals surface area contributed by atoms with Crippen molar-refractivity contribution in [3.8, 4) is 17.3 Å². The predicted molar refractivity (Wildman–Crippen MR) is 116 cm³/mol. The fraction of sp³-hybridized carbons (Fsp3) is 0.0455. The van der Waals surface area contributed by atoms with Crippen LogP contribution in [0.1, 0.15) is 16.1 Å². The molecule has 150 valence electrons. The van der Waals surface area contributed by atoms with E-state index < -0.39 is 0 Å². The van der Waals surface area contributed by atoms with Crippen LogP contribution in [-0.2, 0) is 6.54 Å². The van der Waals surface area contributed by atoms with E-state index in [2.05, 4.69) is 15.3 Å². The number of rotatable bonds is 6. The second kappa shape index (κ2) is 8.98. The van der Waals surface area contributed by atoms with Gasteiger partial charge in [0.05, 0.1) is 10.0 Å². The van der Waals surface area contributed by atoms with E-state index in [9.17, 15) is 4.79 Å². The Hall–Kier alpha value is -3.35. The van der Waals surface area contributed by atoms with E-state index in [0.29, 0.717) is 39.6 Å². The van der Waals surface area contributed by atoms with Gasteiger partial charge in [0.2, 0.25) is 0 Å². The number of ether oxygens (including phenoxy) is 1. The molecule has 0 fully saturated rings. The molecule has 0 aliphatic carbocycles. The molecule has 1 amide bonds. The van der Waals surface area contributed by atoms with Crippen molar-refractivity contribution < 1.29 is 9.53 Å². The van der Waals surface area contributed by atoms with Gasteiger partial charge in [-0.05, 0) is 48.0 Å². The van der Waals surface area contributed by atoms with Crippen molar-refractivity contribution in [2.45, 2.75) is 6.54 Å². The lowest BCUT2D eigenvalue weighted by Gasteiger charge is -2.11. The average Bonchev–Trinajstić information content (AvgIpc) is 3.23. The minimum absolute atomic E-state index is 0.245. The summed E-state index contributed by atoms with van der Waals surface area (Å²) in [4.78, 5) is 20.9. The highest BCUT2D eigenvalue weighted by Gasteiger charge is 2.15. The van der Waals surface area contributed by atoms with Crippen molar-refractivity contribution in [3.63, 3.8) is 0 Å². The van der Waals surface area contributed by atoms with Gasteiger partial charge in [0.25, 0.3) is 5.91 Å². The van der Waals surface area contributed by atoms with Gasteiger partial charge < -0.3 is 10.1 Å². The molecule has 1 N–H and O–H groups in total. The highest BCUT2D eigenvalue weighted by Crippen LogP contribution is 2.24. The highest BCUT2D eigenvalue weighted by atomic mass is 35.5. The molecule has 1 aromatic carbocycles. The number of amides is 1. The van der Waals surface area contributed by atoms with Crippen LogP contribution in [-0.4, -0.2) is 20.4 Å². The summed E-state index contributed by atoms with van der Waals surface area (Å²) in [6.45, 7) is 0.362. The minimum Gasteiger partial charge on any atom is -0.457 e. The van der Waals surface area contributed by atoms with Gasteiger partial charge in [0, 0.05) is 31.3 Å². The summed E-state index contributed by atoms with van der Waals surface area (Å²) in [5, 5.41) is 3.69. The van der Waals surface area contributed by atoms with Gasteiger partial charge in [0.15, 0.2) is 5.82 Å². The Labute approximate surface area is 183 Å². The van der Waals surface area contributed by atoms with Crippen molar-refractivity contribution >= 4 is 29.1 Å². The third kappa shape index (κ3) is 4.62. The zero-order valence-corrected chi connectivity index (χ0v) is 17.1. The molecule has 0 aliphatic heterocycles.